The third kappa shape index (κ3) is 10.0. The molecule has 2 heteroatoms. The molecule has 0 aliphatic carbocycles. The Hall–Kier alpha value is -0.0800. The van der Waals surface area contributed by atoms with Crippen molar-refractivity contribution in [2.24, 2.45) is 5.92 Å². The van der Waals surface area contributed by atoms with E-state index in [1.54, 1.807) is 0 Å². The summed E-state index contributed by atoms with van der Waals surface area (Å²) in [7, 11) is 0. The second kappa shape index (κ2) is 9.47. The van der Waals surface area contributed by atoms with Gasteiger partial charge < -0.3 is 9.84 Å². The molecule has 0 rings (SSSR count). The first kappa shape index (κ1) is 13.9. The van der Waals surface area contributed by atoms with Crippen molar-refractivity contribution in [2.75, 3.05) is 13.2 Å². The van der Waals surface area contributed by atoms with E-state index in [2.05, 4.69) is 20.8 Å². The van der Waals surface area contributed by atoms with Gasteiger partial charge in [0.15, 0.2) is 0 Å². The zero-order chi connectivity index (χ0) is 10.8. The molecule has 0 amide bonds. The molecular weight excluding hydrogens is 176 g/mol. The van der Waals surface area contributed by atoms with Crippen LogP contribution in [0.25, 0.3) is 0 Å². The molecule has 0 saturated carbocycles. The molecule has 86 valence electrons. The zero-order valence-electron chi connectivity index (χ0n) is 9.96. The molecule has 0 radical (unpaired) electrons. The van der Waals surface area contributed by atoms with Crippen molar-refractivity contribution in [1.29, 1.82) is 0 Å². The van der Waals surface area contributed by atoms with Crippen molar-refractivity contribution in [3.8, 4) is 0 Å². The summed E-state index contributed by atoms with van der Waals surface area (Å²) in [6, 6.07) is 0. The van der Waals surface area contributed by atoms with Crippen LogP contribution in [-0.2, 0) is 4.74 Å². The molecular formula is C12H26O2. The normalized spacial score (nSPS) is 13.5. The van der Waals surface area contributed by atoms with Gasteiger partial charge in [-0.3, -0.25) is 0 Å². The lowest BCUT2D eigenvalue weighted by atomic mass is 10.1. The molecule has 0 aliphatic rings. The maximum atomic E-state index is 9.54. The zero-order valence-corrected chi connectivity index (χ0v) is 9.96. The van der Waals surface area contributed by atoms with Crippen LogP contribution >= 0.6 is 0 Å². The van der Waals surface area contributed by atoms with Crippen molar-refractivity contribution < 1.29 is 9.84 Å². The van der Waals surface area contributed by atoms with Crippen molar-refractivity contribution in [1.82, 2.24) is 0 Å². The highest BCUT2D eigenvalue weighted by molar-refractivity contribution is 4.54. The first-order valence-electron chi connectivity index (χ1n) is 5.92. The summed E-state index contributed by atoms with van der Waals surface area (Å²) in [5.74, 6) is 0.558. The Balaban J connectivity index is 3.15. The Morgan fingerprint density at radius 1 is 1.07 bits per heavy atom. The molecule has 0 aromatic carbocycles. The van der Waals surface area contributed by atoms with Crippen LogP contribution in [0, 0.1) is 5.92 Å². The molecule has 14 heavy (non-hydrogen) atoms. The summed E-state index contributed by atoms with van der Waals surface area (Å²) in [6.45, 7) is 7.69. The lowest BCUT2D eigenvalue weighted by molar-refractivity contribution is 0.0209. The topological polar surface area (TPSA) is 29.5 Å². The molecule has 0 aromatic rings. The number of rotatable bonds is 9. The van der Waals surface area contributed by atoms with Crippen molar-refractivity contribution in [3.05, 3.63) is 0 Å². The fourth-order valence-corrected chi connectivity index (χ4v) is 1.33. The minimum absolute atomic E-state index is 0.259. The van der Waals surface area contributed by atoms with Gasteiger partial charge >= 0.3 is 0 Å². The summed E-state index contributed by atoms with van der Waals surface area (Å²) in [4.78, 5) is 0. The number of unbranched alkanes of at least 4 members (excludes halogenated alkanes) is 3. The highest BCUT2D eigenvalue weighted by Gasteiger charge is 2.04. The van der Waals surface area contributed by atoms with E-state index in [0.717, 1.165) is 19.4 Å². The Morgan fingerprint density at radius 2 is 1.79 bits per heavy atom. The van der Waals surface area contributed by atoms with E-state index in [0.29, 0.717) is 12.5 Å². The third-order valence-corrected chi connectivity index (χ3v) is 2.15. The van der Waals surface area contributed by atoms with E-state index in [1.807, 2.05) is 0 Å². The fourth-order valence-electron chi connectivity index (χ4n) is 1.33. The summed E-state index contributed by atoms with van der Waals surface area (Å²) in [6.07, 6.45) is 5.51. The minimum atomic E-state index is -0.259. The lowest BCUT2D eigenvalue weighted by Gasteiger charge is -2.12. The largest absolute Gasteiger partial charge is 0.391 e. The number of hydrogen-bond acceptors (Lipinski definition) is 2. The highest BCUT2D eigenvalue weighted by Crippen LogP contribution is 2.06. The molecule has 0 bridgehead atoms. The van der Waals surface area contributed by atoms with Crippen LogP contribution in [-0.4, -0.2) is 24.4 Å². The van der Waals surface area contributed by atoms with Crippen molar-refractivity contribution in [3.63, 3.8) is 0 Å². The number of aliphatic hydroxyl groups is 1. The molecule has 0 fully saturated rings. The standard InChI is InChI=1S/C12H26O2/c1-4-5-6-7-8-12(13)10-14-9-11(2)3/h11-13H,4-10H2,1-3H3/t12-/m1/s1. The Kier molecular flexibility index (Phi) is 9.42. The molecule has 2 nitrogen and oxygen atoms in total. The monoisotopic (exact) mass is 202 g/mol. The molecule has 1 N–H and O–H groups in total. The van der Waals surface area contributed by atoms with Gasteiger partial charge in [-0.15, -0.1) is 0 Å². The van der Waals surface area contributed by atoms with Gasteiger partial charge in [0, 0.05) is 6.61 Å². The van der Waals surface area contributed by atoms with Crippen LogP contribution in [0.15, 0.2) is 0 Å². The Morgan fingerprint density at radius 3 is 2.36 bits per heavy atom. The summed E-state index contributed by atoms with van der Waals surface area (Å²) < 4.78 is 5.36. The van der Waals surface area contributed by atoms with Crippen LogP contribution in [0.1, 0.15) is 52.9 Å². The molecule has 0 unspecified atom stereocenters. The summed E-state index contributed by atoms with van der Waals surface area (Å²) >= 11 is 0. The van der Waals surface area contributed by atoms with E-state index in [1.165, 1.54) is 19.3 Å². The van der Waals surface area contributed by atoms with Crippen LogP contribution in [0.3, 0.4) is 0 Å². The van der Waals surface area contributed by atoms with Gasteiger partial charge in [0.2, 0.25) is 0 Å². The summed E-state index contributed by atoms with van der Waals surface area (Å²) in [5.41, 5.74) is 0. The Bertz CT molecular complexity index is 113. The van der Waals surface area contributed by atoms with Crippen LogP contribution < -0.4 is 0 Å². The molecule has 0 aromatic heterocycles. The average molecular weight is 202 g/mol. The average Bonchev–Trinajstić information content (AvgIpc) is 2.12. The summed E-state index contributed by atoms with van der Waals surface area (Å²) in [5, 5.41) is 9.54. The van der Waals surface area contributed by atoms with Gasteiger partial charge in [-0.25, -0.2) is 0 Å². The van der Waals surface area contributed by atoms with Gasteiger partial charge in [-0.05, 0) is 12.3 Å². The first-order chi connectivity index (χ1) is 6.66. The van der Waals surface area contributed by atoms with Gasteiger partial charge in [-0.2, -0.15) is 0 Å². The third-order valence-electron chi connectivity index (χ3n) is 2.15. The fraction of sp³-hybridized carbons (Fsp3) is 1.00. The maximum Gasteiger partial charge on any atom is 0.0773 e. The van der Waals surface area contributed by atoms with Crippen molar-refractivity contribution in [2.45, 2.75) is 59.0 Å². The second-order valence-electron chi connectivity index (χ2n) is 4.43. The quantitative estimate of drug-likeness (QED) is 0.582. The number of aliphatic hydroxyl groups excluding tert-OH is 1. The van der Waals surface area contributed by atoms with Gasteiger partial charge in [0.25, 0.3) is 0 Å². The Labute approximate surface area is 88.7 Å². The van der Waals surface area contributed by atoms with Gasteiger partial charge in [-0.1, -0.05) is 46.5 Å². The van der Waals surface area contributed by atoms with Gasteiger partial charge in [0.05, 0.1) is 12.7 Å². The second-order valence-corrected chi connectivity index (χ2v) is 4.43. The minimum Gasteiger partial charge on any atom is -0.391 e. The predicted molar refractivity (Wildman–Crippen MR) is 60.4 cm³/mol. The predicted octanol–water partition coefficient (Wildman–Crippen LogP) is 2.99. The van der Waals surface area contributed by atoms with Crippen LogP contribution in [0.2, 0.25) is 0 Å². The van der Waals surface area contributed by atoms with Gasteiger partial charge in [0.1, 0.15) is 0 Å². The SMILES string of the molecule is CCCCCC[C@@H](O)COCC(C)C. The molecule has 0 aliphatic heterocycles. The van der Waals surface area contributed by atoms with Crippen LogP contribution in [0.4, 0.5) is 0 Å². The smallest absolute Gasteiger partial charge is 0.0773 e. The van der Waals surface area contributed by atoms with E-state index < -0.39 is 0 Å². The first-order valence-corrected chi connectivity index (χ1v) is 5.92. The molecule has 0 saturated heterocycles. The molecule has 0 heterocycles. The van der Waals surface area contributed by atoms with E-state index >= 15 is 0 Å². The highest BCUT2D eigenvalue weighted by atomic mass is 16.5. The maximum absolute atomic E-state index is 9.54. The van der Waals surface area contributed by atoms with E-state index in [-0.39, 0.29) is 6.10 Å². The molecule has 1 atom stereocenters. The van der Waals surface area contributed by atoms with E-state index in [4.69, 9.17) is 4.74 Å². The number of ether oxygens (including phenoxy) is 1. The lowest BCUT2D eigenvalue weighted by Crippen LogP contribution is -2.17. The number of hydrogen-bond donors (Lipinski definition) is 1. The van der Waals surface area contributed by atoms with Crippen LogP contribution in [0.5, 0.6) is 0 Å². The van der Waals surface area contributed by atoms with E-state index in [9.17, 15) is 5.11 Å². The van der Waals surface area contributed by atoms with Crippen molar-refractivity contribution >= 4 is 0 Å². The molecule has 0 spiro atoms.